The number of ether oxygens (including phenoxy) is 2. The van der Waals surface area contributed by atoms with E-state index in [1.165, 1.54) is 19.6 Å². The maximum Gasteiger partial charge on any atom is 0.308 e. The predicted molar refractivity (Wildman–Crippen MR) is 85.2 cm³/mol. The number of aliphatic hydroxyl groups is 1. The minimum Gasteiger partial charge on any atom is -0.469 e. The van der Waals surface area contributed by atoms with Gasteiger partial charge < -0.3 is 14.6 Å². The van der Waals surface area contributed by atoms with Crippen molar-refractivity contribution in [3.63, 3.8) is 0 Å². The molecule has 1 rings (SSSR count). The molecule has 0 fully saturated rings. The molecule has 0 aliphatic rings. The average Bonchev–Trinajstić information content (AvgIpc) is 2.51. The van der Waals surface area contributed by atoms with Crippen LogP contribution in [0.15, 0.2) is 0 Å². The van der Waals surface area contributed by atoms with Crippen molar-refractivity contribution in [2.45, 2.75) is 47.5 Å². The van der Waals surface area contributed by atoms with Crippen LogP contribution in [0.2, 0.25) is 0 Å². The standard InChI is InChI=1S/C16H22O4.CH4O/c1-9-10(2)12(4)16(20-13(5)17)14(11(9)3)7-8-15(18)19-6;1-2/h7-8H2,1-6H3;2H,1H3. The van der Waals surface area contributed by atoms with Gasteiger partial charge in [-0.3, -0.25) is 9.59 Å². The van der Waals surface area contributed by atoms with Gasteiger partial charge in [-0.2, -0.15) is 0 Å². The van der Waals surface area contributed by atoms with Gasteiger partial charge in [-0.05, 0) is 61.9 Å². The fourth-order valence-electron chi connectivity index (χ4n) is 2.27. The van der Waals surface area contributed by atoms with Gasteiger partial charge in [0.15, 0.2) is 0 Å². The van der Waals surface area contributed by atoms with Crippen LogP contribution in [0.5, 0.6) is 5.75 Å². The van der Waals surface area contributed by atoms with Crippen LogP contribution in [0.1, 0.15) is 41.2 Å². The molecule has 0 atom stereocenters. The first-order valence-electron chi connectivity index (χ1n) is 7.08. The van der Waals surface area contributed by atoms with Crippen molar-refractivity contribution in [3.8, 4) is 5.75 Å². The Kier molecular flexibility index (Phi) is 8.42. The largest absolute Gasteiger partial charge is 0.469 e. The van der Waals surface area contributed by atoms with Crippen LogP contribution in [-0.2, 0) is 20.7 Å². The van der Waals surface area contributed by atoms with E-state index in [2.05, 4.69) is 4.74 Å². The lowest BCUT2D eigenvalue weighted by Gasteiger charge is -2.19. The molecule has 0 saturated carbocycles. The Balaban J connectivity index is 0.00000211. The van der Waals surface area contributed by atoms with E-state index in [0.717, 1.165) is 29.4 Å². The molecule has 0 unspecified atom stereocenters. The van der Waals surface area contributed by atoms with Crippen LogP contribution < -0.4 is 4.74 Å². The van der Waals surface area contributed by atoms with Crippen LogP contribution >= 0.6 is 0 Å². The molecular formula is C17H26O5. The smallest absolute Gasteiger partial charge is 0.308 e. The summed E-state index contributed by atoms with van der Waals surface area (Å²) in [7, 11) is 2.37. The zero-order chi connectivity index (χ0) is 17.4. The van der Waals surface area contributed by atoms with E-state index in [9.17, 15) is 9.59 Å². The Morgan fingerprint density at radius 1 is 0.955 bits per heavy atom. The maximum atomic E-state index is 11.3. The van der Waals surface area contributed by atoms with Crippen molar-refractivity contribution in [3.05, 3.63) is 27.8 Å². The van der Waals surface area contributed by atoms with Crippen LogP contribution in [0, 0.1) is 27.7 Å². The summed E-state index contributed by atoms with van der Waals surface area (Å²) < 4.78 is 10.0. The number of carbonyl (C=O) groups excluding carboxylic acids is 2. The number of benzene rings is 1. The molecule has 1 N–H and O–H groups in total. The molecule has 1 aromatic rings. The normalized spacial score (nSPS) is 9.64. The second kappa shape index (κ2) is 9.20. The van der Waals surface area contributed by atoms with E-state index in [-0.39, 0.29) is 18.4 Å². The second-order valence-corrected chi connectivity index (χ2v) is 4.98. The first-order valence-corrected chi connectivity index (χ1v) is 7.08. The van der Waals surface area contributed by atoms with Crippen LogP contribution in [0.3, 0.4) is 0 Å². The molecule has 0 radical (unpaired) electrons. The zero-order valence-corrected chi connectivity index (χ0v) is 14.5. The van der Waals surface area contributed by atoms with Gasteiger partial charge in [0.05, 0.1) is 7.11 Å². The van der Waals surface area contributed by atoms with Crippen molar-refractivity contribution < 1.29 is 24.2 Å². The highest BCUT2D eigenvalue weighted by Gasteiger charge is 2.18. The Bertz CT molecular complexity index is 547. The molecule has 5 nitrogen and oxygen atoms in total. The molecule has 0 amide bonds. The molecule has 0 aromatic heterocycles. The molecule has 124 valence electrons. The Hall–Kier alpha value is -1.88. The summed E-state index contributed by atoms with van der Waals surface area (Å²) in [5.41, 5.74) is 5.20. The fourth-order valence-corrected chi connectivity index (χ4v) is 2.27. The van der Waals surface area contributed by atoms with Gasteiger partial charge in [-0.15, -0.1) is 0 Å². The molecule has 22 heavy (non-hydrogen) atoms. The summed E-state index contributed by atoms with van der Waals surface area (Å²) in [6, 6.07) is 0. The van der Waals surface area contributed by atoms with Crippen molar-refractivity contribution in [2.24, 2.45) is 0 Å². The van der Waals surface area contributed by atoms with Gasteiger partial charge in [0, 0.05) is 20.5 Å². The van der Waals surface area contributed by atoms with Crippen molar-refractivity contribution in [1.82, 2.24) is 0 Å². The van der Waals surface area contributed by atoms with Crippen molar-refractivity contribution in [1.29, 1.82) is 0 Å². The monoisotopic (exact) mass is 310 g/mol. The van der Waals surface area contributed by atoms with Crippen LogP contribution in [0.25, 0.3) is 0 Å². The highest BCUT2D eigenvalue weighted by molar-refractivity contribution is 5.73. The number of rotatable bonds is 4. The highest BCUT2D eigenvalue weighted by atomic mass is 16.5. The number of carbonyl (C=O) groups is 2. The lowest BCUT2D eigenvalue weighted by molar-refractivity contribution is -0.140. The summed E-state index contributed by atoms with van der Waals surface area (Å²) in [6.07, 6.45) is 0.774. The SMILES string of the molecule is CO.COC(=O)CCc1c(C)c(C)c(C)c(C)c1OC(C)=O. The number of hydrogen-bond donors (Lipinski definition) is 1. The minimum absolute atomic E-state index is 0.269. The van der Waals surface area contributed by atoms with E-state index in [4.69, 9.17) is 9.84 Å². The summed E-state index contributed by atoms with van der Waals surface area (Å²) >= 11 is 0. The van der Waals surface area contributed by atoms with Gasteiger partial charge in [0.1, 0.15) is 5.75 Å². The lowest BCUT2D eigenvalue weighted by atomic mass is 9.91. The quantitative estimate of drug-likeness (QED) is 0.683. The minimum atomic E-state index is -0.352. The van der Waals surface area contributed by atoms with E-state index in [1.807, 2.05) is 27.7 Å². The number of hydrogen-bond acceptors (Lipinski definition) is 5. The molecular weight excluding hydrogens is 284 g/mol. The van der Waals surface area contributed by atoms with Crippen molar-refractivity contribution >= 4 is 11.9 Å². The molecule has 0 saturated heterocycles. The molecule has 0 spiro atoms. The van der Waals surface area contributed by atoms with Gasteiger partial charge in [0.2, 0.25) is 0 Å². The summed E-state index contributed by atoms with van der Waals surface area (Å²) in [4.78, 5) is 22.6. The Labute approximate surface area is 132 Å². The third-order valence-electron chi connectivity index (χ3n) is 3.81. The van der Waals surface area contributed by atoms with E-state index in [1.54, 1.807) is 0 Å². The molecule has 5 heteroatoms. The van der Waals surface area contributed by atoms with Crippen LogP contribution in [0.4, 0.5) is 0 Å². The first kappa shape index (κ1) is 20.1. The second-order valence-electron chi connectivity index (χ2n) is 4.98. The highest BCUT2D eigenvalue weighted by Crippen LogP contribution is 2.34. The topological polar surface area (TPSA) is 72.8 Å². The van der Waals surface area contributed by atoms with E-state index < -0.39 is 0 Å². The number of methoxy groups -OCH3 is 1. The van der Waals surface area contributed by atoms with Gasteiger partial charge in [-0.25, -0.2) is 0 Å². The van der Waals surface area contributed by atoms with Crippen LogP contribution in [-0.4, -0.2) is 31.3 Å². The van der Waals surface area contributed by atoms with Gasteiger partial charge in [-0.1, -0.05) is 0 Å². The number of aliphatic hydroxyl groups excluding tert-OH is 1. The van der Waals surface area contributed by atoms with Crippen molar-refractivity contribution in [2.75, 3.05) is 14.2 Å². The third kappa shape index (κ3) is 4.84. The maximum absolute atomic E-state index is 11.3. The average molecular weight is 310 g/mol. The molecule has 0 aliphatic carbocycles. The molecule has 0 aliphatic heterocycles. The van der Waals surface area contributed by atoms with Gasteiger partial charge in [0.25, 0.3) is 0 Å². The summed E-state index contributed by atoms with van der Waals surface area (Å²) in [5, 5.41) is 7.00. The molecule has 1 aromatic carbocycles. The van der Waals surface area contributed by atoms with E-state index in [0.29, 0.717) is 12.2 Å². The zero-order valence-electron chi connectivity index (χ0n) is 14.5. The lowest BCUT2D eigenvalue weighted by Crippen LogP contribution is -2.11. The molecule has 0 heterocycles. The summed E-state index contributed by atoms with van der Waals surface area (Å²) in [5.74, 6) is -0.0360. The predicted octanol–water partition coefficient (Wildman–Crippen LogP) is 2.56. The Morgan fingerprint density at radius 3 is 1.91 bits per heavy atom. The van der Waals surface area contributed by atoms with Gasteiger partial charge >= 0.3 is 11.9 Å². The number of esters is 2. The first-order chi connectivity index (χ1) is 10.3. The van der Waals surface area contributed by atoms with E-state index >= 15 is 0 Å². The Morgan fingerprint density at radius 2 is 1.45 bits per heavy atom. The fraction of sp³-hybridized carbons (Fsp3) is 0.529. The molecule has 0 bridgehead atoms. The third-order valence-corrected chi connectivity index (χ3v) is 3.81. The summed E-state index contributed by atoms with van der Waals surface area (Å²) in [6.45, 7) is 9.35.